The largest absolute Gasteiger partial charge is 0.462 e. The number of likely N-dealkylation sites (tertiary alicyclic amines) is 1. The van der Waals surface area contributed by atoms with Crippen molar-refractivity contribution in [2.24, 2.45) is 0 Å². The van der Waals surface area contributed by atoms with Crippen LogP contribution in [-0.2, 0) is 17.9 Å². The molecule has 1 aliphatic heterocycles. The lowest BCUT2D eigenvalue weighted by Crippen LogP contribution is -2.22. The first-order chi connectivity index (χ1) is 9.86. The molecule has 0 spiro atoms. The quantitative estimate of drug-likeness (QED) is 0.838. The van der Waals surface area contributed by atoms with Gasteiger partial charge in [-0.15, -0.1) is 0 Å². The second-order valence-electron chi connectivity index (χ2n) is 5.19. The highest BCUT2D eigenvalue weighted by Gasteiger charge is 2.28. The van der Waals surface area contributed by atoms with Crippen molar-refractivity contribution in [3.05, 3.63) is 53.7 Å². The lowest BCUT2D eigenvalue weighted by atomic mass is 10.1. The van der Waals surface area contributed by atoms with Gasteiger partial charge in [0, 0.05) is 19.9 Å². The van der Waals surface area contributed by atoms with Crippen molar-refractivity contribution >= 4 is 0 Å². The number of nitrogens with zero attached hydrogens (tertiary/aromatic N) is 2. The average Bonchev–Trinajstić information content (AvgIpc) is 3.09. The molecule has 2 aromatic heterocycles. The highest BCUT2D eigenvalue weighted by atomic mass is 16.5. The van der Waals surface area contributed by atoms with Crippen molar-refractivity contribution in [1.82, 2.24) is 9.88 Å². The van der Waals surface area contributed by atoms with E-state index in [-0.39, 0.29) is 0 Å². The van der Waals surface area contributed by atoms with E-state index >= 15 is 0 Å². The monoisotopic (exact) mass is 272 g/mol. The van der Waals surface area contributed by atoms with Crippen LogP contribution in [0.25, 0.3) is 0 Å². The molecule has 1 atom stereocenters. The van der Waals surface area contributed by atoms with Crippen LogP contribution >= 0.6 is 0 Å². The van der Waals surface area contributed by atoms with Gasteiger partial charge in [0.1, 0.15) is 18.1 Å². The van der Waals surface area contributed by atoms with Crippen molar-refractivity contribution in [3.63, 3.8) is 0 Å². The summed E-state index contributed by atoms with van der Waals surface area (Å²) in [6.45, 7) is 2.51. The van der Waals surface area contributed by atoms with Crippen molar-refractivity contribution in [2.75, 3.05) is 13.7 Å². The molecule has 2 aromatic rings. The maximum Gasteiger partial charge on any atom is 0.129 e. The van der Waals surface area contributed by atoms with Crippen LogP contribution in [0.4, 0.5) is 0 Å². The number of furan rings is 1. The summed E-state index contributed by atoms with van der Waals surface area (Å²) in [5.74, 6) is 1.94. The molecular formula is C16H20N2O2. The number of hydrogen-bond acceptors (Lipinski definition) is 4. The molecule has 0 unspecified atom stereocenters. The molecule has 0 aromatic carbocycles. The van der Waals surface area contributed by atoms with Gasteiger partial charge in [0.2, 0.25) is 0 Å². The molecule has 1 fully saturated rings. The maximum absolute atomic E-state index is 5.89. The van der Waals surface area contributed by atoms with Gasteiger partial charge in [0.25, 0.3) is 0 Å². The minimum Gasteiger partial charge on any atom is -0.462 e. The zero-order valence-corrected chi connectivity index (χ0v) is 11.8. The molecule has 0 radical (unpaired) electrons. The van der Waals surface area contributed by atoms with Gasteiger partial charge >= 0.3 is 0 Å². The Bertz CT molecular complexity index is 538. The van der Waals surface area contributed by atoms with Crippen molar-refractivity contribution in [2.45, 2.75) is 32.0 Å². The standard InChI is InChI=1S/C16H20N2O2/c1-19-12-14-7-8-16(20-14)15-6-4-10-18(15)11-13-5-2-3-9-17-13/h2-3,5,7-9,15H,4,6,10-12H2,1H3/t15-/m1/s1. The Kier molecular flexibility index (Phi) is 4.14. The summed E-state index contributed by atoms with van der Waals surface area (Å²) >= 11 is 0. The Morgan fingerprint density at radius 2 is 2.30 bits per heavy atom. The van der Waals surface area contributed by atoms with Crippen LogP contribution in [0.1, 0.15) is 36.1 Å². The number of rotatable bonds is 5. The first-order valence-electron chi connectivity index (χ1n) is 7.08. The summed E-state index contributed by atoms with van der Waals surface area (Å²) in [5, 5.41) is 0. The van der Waals surface area contributed by atoms with Crippen LogP contribution < -0.4 is 0 Å². The van der Waals surface area contributed by atoms with Crippen LogP contribution in [0, 0.1) is 0 Å². The summed E-state index contributed by atoms with van der Waals surface area (Å²) < 4.78 is 11.0. The molecular weight excluding hydrogens is 252 g/mol. The molecule has 4 heteroatoms. The molecule has 106 valence electrons. The van der Waals surface area contributed by atoms with E-state index in [4.69, 9.17) is 9.15 Å². The topological polar surface area (TPSA) is 38.5 Å². The maximum atomic E-state index is 5.89. The first-order valence-corrected chi connectivity index (χ1v) is 7.08. The molecule has 4 nitrogen and oxygen atoms in total. The number of pyridine rings is 1. The Balaban J connectivity index is 1.71. The van der Waals surface area contributed by atoms with Crippen LogP contribution in [0.5, 0.6) is 0 Å². The second-order valence-corrected chi connectivity index (χ2v) is 5.19. The van der Waals surface area contributed by atoms with E-state index in [1.54, 1.807) is 7.11 Å². The second kappa shape index (κ2) is 6.20. The van der Waals surface area contributed by atoms with E-state index in [1.165, 1.54) is 6.42 Å². The molecule has 0 N–H and O–H groups in total. The van der Waals surface area contributed by atoms with Gasteiger partial charge in [-0.3, -0.25) is 9.88 Å². The third kappa shape index (κ3) is 2.92. The van der Waals surface area contributed by atoms with E-state index < -0.39 is 0 Å². The van der Waals surface area contributed by atoms with Crippen molar-refractivity contribution < 1.29 is 9.15 Å². The van der Waals surface area contributed by atoms with E-state index in [0.717, 1.165) is 36.7 Å². The normalized spacial score (nSPS) is 19.6. The van der Waals surface area contributed by atoms with Gasteiger partial charge in [0.15, 0.2) is 0 Å². The highest BCUT2D eigenvalue weighted by molar-refractivity contribution is 5.13. The summed E-state index contributed by atoms with van der Waals surface area (Å²) in [7, 11) is 1.69. The zero-order valence-electron chi connectivity index (χ0n) is 11.8. The Morgan fingerprint density at radius 3 is 3.10 bits per heavy atom. The molecule has 0 bridgehead atoms. The van der Waals surface area contributed by atoms with Crippen LogP contribution in [0.2, 0.25) is 0 Å². The Hall–Kier alpha value is -1.65. The fourth-order valence-electron chi connectivity index (χ4n) is 2.83. The van der Waals surface area contributed by atoms with Crippen molar-refractivity contribution in [1.29, 1.82) is 0 Å². The summed E-state index contributed by atoms with van der Waals surface area (Å²) in [5.41, 5.74) is 1.11. The molecule has 0 amide bonds. The van der Waals surface area contributed by atoms with Gasteiger partial charge in [0.05, 0.1) is 11.7 Å². The van der Waals surface area contributed by atoms with Crippen LogP contribution in [0.15, 0.2) is 40.9 Å². The number of hydrogen-bond donors (Lipinski definition) is 0. The SMILES string of the molecule is COCc1ccc([C@H]2CCCN2Cc2ccccn2)o1. The van der Waals surface area contributed by atoms with E-state index in [0.29, 0.717) is 12.6 Å². The van der Waals surface area contributed by atoms with Crippen molar-refractivity contribution in [3.8, 4) is 0 Å². The third-order valence-corrected chi connectivity index (χ3v) is 3.75. The predicted molar refractivity (Wildman–Crippen MR) is 76.0 cm³/mol. The number of ether oxygens (including phenoxy) is 1. The Labute approximate surface area is 119 Å². The van der Waals surface area contributed by atoms with Gasteiger partial charge in [-0.2, -0.15) is 0 Å². The third-order valence-electron chi connectivity index (χ3n) is 3.75. The fourth-order valence-corrected chi connectivity index (χ4v) is 2.83. The molecule has 3 heterocycles. The number of methoxy groups -OCH3 is 1. The zero-order chi connectivity index (χ0) is 13.8. The Morgan fingerprint density at radius 1 is 1.35 bits per heavy atom. The van der Waals surface area contributed by atoms with E-state index in [2.05, 4.69) is 22.0 Å². The molecule has 0 aliphatic carbocycles. The number of aromatic nitrogens is 1. The molecule has 20 heavy (non-hydrogen) atoms. The average molecular weight is 272 g/mol. The molecule has 0 saturated carbocycles. The van der Waals surface area contributed by atoms with E-state index in [9.17, 15) is 0 Å². The van der Waals surface area contributed by atoms with Crippen LogP contribution in [0.3, 0.4) is 0 Å². The van der Waals surface area contributed by atoms with Gasteiger partial charge < -0.3 is 9.15 Å². The lowest BCUT2D eigenvalue weighted by Gasteiger charge is -2.22. The van der Waals surface area contributed by atoms with E-state index in [1.807, 2.05) is 24.4 Å². The first kappa shape index (κ1) is 13.3. The minimum atomic E-state index is 0.364. The predicted octanol–water partition coefficient (Wildman–Crippen LogP) is 3.16. The van der Waals surface area contributed by atoms with Crippen LogP contribution in [-0.4, -0.2) is 23.5 Å². The smallest absolute Gasteiger partial charge is 0.129 e. The molecule has 3 rings (SSSR count). The molecule has 1 saturated heterocycles. The minimum absolute atomic E-state index is 0.364. The van der Waals surface area contributed by atoms with Gasteiger partial charge in [-0.1, -0.05) is 6.07 Å². The van der Waals surface area contributed by atoms with Gasteiger partial charge in [-0.05, 0) is 43.7 Å². The molecule has 1 aliphatic rings. The fraction of sp³-hybridized carbons (Fsp3) is 0.438. The summed E-state index contributed by atoms with van der Waals surface area (Å²) in [6.07, 6.45) is 4.20. The lowest BCUT2D eigenvalue weighted by molar-refractivity contribution is 0.155. The highest BCUT2D eigenvalue weighted by Crippen LogP contribution is 2.33. The summed E-state index contributed by atoms with van der Waals surface area (Å²) in [4.78, 5) is 6.85. The van der Waals surface area contributed by atoms with Gasteiger partial charge in [-0.25, -0.2) is 0 Å². The summed E-state index contributed by atoms with van der Waals surface area (Å²) in [6, 6.07) is 10.5.